The van der Waals surface area contributed by atoms with E-state index in [-0.39, 0.29) is 22.6 Å². The number of anilines is 1. The van der Waals surface area contributed by atoms with E-state index in [1.807, 2.05) is 30.3 Å². The molecule has 9 heteroatoms. The normalized spacial score (nSPS) is 19.9. The number of piperazine rings is 1. The number of nitrogens with zero attached hydrogens (tertiary/aromatic N) is 3. The van der Waals surface area contributed by atoms with Gasteiger partial charge in [-0.3, -0.25) is 9.59 Å². The van der Waals surface area contributed by atoms with Crippen LogP contribution in [0.3, 0.4) is 0 Å². The number of likely N-dealkylation sites (tertiary alicyclic amines) is 1. The molecule has 2 heterocycles. The van der Waals surface area contributed by atoms with E-state index in [9.17, 15) is 18.0 Å². The minimum Gasteiger partial charge on any atom is -0.342 e. The average molecular weight is 499 g/mol. The summed E-state index contributed by atoms with van der Waals surface area (Å²) in [6.45, 7) is 6.48. The Balaban J connectivity index is 1.33. The highest BCUT2D eigenvalue weighted by atomic mass is 32.2. The Labute approximate surface area is 207 Å². The van der Waals surface area contributed by atoms with Crippen LogP contribution >= 0.6 is 0 Å². The van der Waals surface area contributed by atoms with E-state index in [0.29, 0.717) is 38.3 Å². The second-order valence-corrected chi connectivity index (χ2v) is 11.1. The second-order valence-electron chi connectivity index (χ2n) is 9.19. The van der Waals surface area contributed by atoms with Crippen molar-refractivity contribution in [2.75, 3.05) is 51.1 Å². The van der Waals surface area contributed by atoms with Crippen LogP contribution in [-0.4, -0.2) is 80.2 Å². The Hall–Kier alpha value is -2.75. The van der Waals surface area contributed by atoms with E-state index in [4.69, 9.17) is 0 Å². The van der Waals surface area contributed by atoms with Gasteiger partial charge in [-0.25, -0.2) is 8.42 Å². The van der Waals surface area contributed by atoms with Crippen LogP contribution in [0.2, 0.25) is 0 Å². The summed E-state index contributed by atoms with van der Waals surface area (Å²) in [5, 5.41) is 2.90. The van der Waals surface area contributed by atoms with Gasteiger partial charge in [0, 0.05) is 45.0 Å². The fourth-order valence-electron chi connectivity index (χ4n) is 4.69. The highest BCUT2D eigenvalue weighted by Gasteiger charge is 2.30. The highest BCUT2D eigenvalue weighted by Crippen LogP contribution is 2.22. The predicted molar refractivity (Wildman–Crippen MR) is 135 cm³/mol. The summed E-state index contributed by atoms with van der Waals surface area (Å²) in [4.78, 5) is 29.9. The van der Waals surface area contributed by atoms with Gasteiger partial charge in [0.2, 0.25) is 21.8 Å². The number of carbonyl (C=O) groups is 2. The first kappa shape index (κ1) is 25.3. The number of nitrogens with one attached hydrogen (secondary N) is 1. The lowest BCUT2D eigenvalue weighted by molar-refractivity contribution is -0.133. The summed E-state index contributed by atoms with van der Waals surface area (Å²) in [5.74, 6) is -0.404. The first-order valence-electron chi connectivity index (χ1n) is 12.3. The number of hydrogen-bond acceptors (Lipinski definition) is 5. The monoisotopic (exact) mass is 498 g/mol. The Bertz CT molecular complexity index is 1110. The Kier molecular flexibility index (Phi) is 8.20. The number of piperidine rings is 1. The molecule has 35 heavy (non-hydrogen) atoms. The van der Waals surface area contributed by atoms with Crippen LogP contribution in [0.1, 0.15) is 25.3 Å². The standard InChI is InChI=1S/C26H34N4O4S/c1-2-28-15-17-30(18-16-28)35(33,34)24-12-10-23(11-13-24)27-26(32)22-9-6-14-29(20-22)25(31)19-21-7-4-3-5-8-21/h3-5,7-8,10-13,22H,2,6,9,14-20H2,1H3,(H,27,32). The zero-order chi connectivity index (χ0) is 24.8. The van der Waals surface area contributed by atoms with Gasteiger partial charge in [0.1, 0.15) is 0 Å². The molecule has 0 spiro atoms. The van der Waals surface area contributed by atoms with Gasteiger partial charge < -0.3 is 15.1 Å². The van der Waals surface area contributed by atoms with Crippen molar-refractivity contribution in [3.05, 3.63) is 60.2 Å². The van der Waals surface area contributed by atoms with Crippen molar-refractivity contribution >= 4 is 27.5 Å². The molecule has 2 fully saturated rings. The topological polar surface area (TPSA) is 90.0 Å². The third-order valence-corrected chi connectivity index (χ3v) is 8.79. The van der Waals surface area contributed by atoms with Crippen molar-refractivity contribution in [2.24, 2.45) is 5.92 Å². The highest BCUT2D eigenvalue weighted by molar-refractivity contribution is 7.89. The van der Waals surface area contributed by atoms with Gasteiger partial charge in [-0.2, -0.15) is 4.31 Å². The molecule has 0 aromatic heterocycles. The molecule has 0 bridgehead atoms. The molecule has 2 saturated heterocycles. The van der Waals surface area contributed by atoms with Gasteiger partial charge in [0.25, 0.3) is 0 Å². The number of sulfonamides is 1. The number of benzene rings is 2. The number of carbonyl (C=O) groups excluding carboxylic acids is 2. The summed E-state index contributed by atoms with van der Waals surface area (Å²) >= 11 is 0. The van der Waals surface area contributed by atoms with Gasteiger partial charge in [-0.15, -0.1) is 0 Å². The third kappa shape index (κ3) is 6.28. The van der Waals surface area contributed by atoms with Crippen molar-refractivity contribution in [1.29, 1.82) is 0 Å². The van der Waals surface area contributed by atoms with Crippen molar-refractivity contribution in [1.82, 2.24) is 14.1 Å². The minimum absolute atomic E-state index is 0.0306. The number of rotatable bonds is 7. The molecule has 2 aliphatic rings. The maximum atomic E-state index is 13.0. The van der Waals surface area contributed by atoms with Crippen molar-refractivity contribution < 1.29 is 18.0 Å². The van der Waals surface area contributed by atoms with Gasteiger partial charge in [-0.1, -0.05) is 37.3 Å². The third-order valence-electron chi connectivity index (χ3n) is 6.88. The SMILES string of the molecule is CCN1CCN(S(=O)(=O)c2ccc(NC(=O)C3CCCN(C(=O)Cc4ccccc4)C3)cc2)CC1. The van der Waals surface area contributed by atoms with E-state index >= 15 is 0 Å². The summed E-state index contributed by atoms with van der Waals surface area (Å²) < 4.78 is 27.5. The van der Waals surface area contributed by atoms with Crippen LogP contribution in [0.4, 0.5) is 5.69 Å². The smallest absolute Gasteiger partial charge is 0.243 e. The molecule has 0 aliphatic carbocycles. The first-order chi connectivity index (χ1) is 16.9. The lowest BCUT2D eigenvalue weighted by Crippen LogP contribution is -2.48. The van der Waals surface area contributed by atoms with Crippen LogP contribution in [0.5, 0.6) is 0 Å². The molecule has 4 rings (SSSR count). The van der Waals surface area contributed by atoms with Gasteiger partial charge >= 0.3 is 0 Å². The van der Waals surface area contributed by atoms with E-state index in [1.54, 1.807) is 29.2 Å². The van der Waals surface area contributed by atoms with Gasteiger partial charge in [0.15, 0.2) is 0 Å². The Morgan fingerprint density at radius 1 is 0.943 bits per heavy atom. The largest absolute Gasteiger partial charge is 0.342 e. The molecule has 2 aromatic carbocycles. The van der Waals surface area contributed by atoms with E-state index in [2.05, 4.69) is 17.1 Å². The van der Waals surface area contributed by atoms with Crippen molar-refractivity contribution in [3.8, 4) is 0 Å². The van der Waals surface area contributed by atoms with Crippen LogP contribution in [-0.2, 0) is 26.0 Å². The molecule has 2 amide bonds. The second kappa shape index (κ2) is 11.3. The van der Waals surface area contributed by atoms with Crippen LogP contribution in [0.15, 0.2) is 59.5 Å². The first-order valence-corrected chi connectivity index (χ1v) is 13.8. The molecule has 8 nitrogen and oxygen atoms in total. The summed E-state index contributed by atoms with van der Waals surface area (Å²) in [7, 11) is -3.55. The molecule has 1 unspecified atom stereocenters. The molecule has 2 aromatic rings. The van der Waals surface area contributed by atoms with Crippen molar-refractivity contribution in [2.45, 2.75) is 31.1 Å². The Morgan fingerprint density at radius 3 is 2.29 bits per heavy atom. The molecule has 188 valence electrons. The lowest BCUT2D eigenvalue weighted by Gasteiger charge is -2.33. The number of likely N-dealkylation sites (N-methyl/N-ethyl adjacent to an activating group) is 1. The zero-order valence-corrected chi connectivity index (χ0v) is 21.0. The van der Waals surface area contributed by atoms with Crippen LogP contribution < -0.4 is 5.32 Å². The maximum Gasteiger partial charge on any atom is 0.243 e. The molecule has 0 radical (unpaired) electrons. The molecular weight excluding hydrogens is 464 g/mol. The van der Waals surface area contributed by atoms with Crippen molar-refractivity contribution in [3.63, 3.8) is 0 Å². The van der Waals surface area contributed by atoms with E-state index in [1.165, 1.54) is 4.31 Å². The molecule has 1 N–H and O–H groups in total. The van der Waals surface area contributed by atoms with Crippen LogP contribution in [0.25, 0.3) is 0 Å². The quantitative estimate of drug-likeness (QED) is 0.633. The summed E-state index contributed by atoms with van der Waals surface area (Å²) in [6.07, 6.45) is 1.83. The molecule has 2 aliphatic heterocycles. The molecule has 1 atom stereocenters. The lowest BCUT2D eigenvalue weighted by atomic mass is 9.96. The van der Waals surface area contributed by atoms with E-state index in [0.717, 1.165) is 38.0 Å². The summed E-state index contributed by atoms with van der Waals surface area (Å²) in [6, 6.07) is 16.0. The number of hydrogen-bond donors (Lipinski definition) is 1. The zero-order valence-electron chi connectivity index (χ0n) is 20.2. The predicted octanol–water partition coefficient (Wildman–Crippen LogP) is 2.43. The average Bonchev–Trinajstić information content (AvgIpc) is 2.89. The molecule has 0 saturated carbocycles. The fourth-order valence-corrected chi connectivity index (χ4v) is 6.11. The van der Waals surface area contributed by atoms with Crippen LogP contribution in [0, 0.1) is 5.92 Å². The fraction of sp³-hybridized carbons (Fsp3) is 0.462. The minimum atomic E-state index is -3.55. The number of amides is 2. The summed E-state index contributed by atoms with van der Waals surface area (Å²) in [5.41, 5.74) is 1.52. The maximum absolute atomic E-state index is 13.0. The Morgan fingerprint density at radius 2 is 1.63 bits per heavy atom. The van der Waals surface area contributed by atoms with E-state index < -0.39 is 10.0 Å². The van der Waals surface area contributed by atoms with Gasteiger partial charge in [0.05, 0.1) is 17.2 Å². The van der Waals surface area contributed by atoms with Gasteiger partial charge in [-0.05, 0) is 49.2 Å². The molecular formula is C26H34N4O4S.